The van der Waals surface area contributed by atoms with Gasteiger partial charge in [-0.25, -0.2) is 23.7 Å². The van der Waals surface area contributed by atoms with E-state index in [0.29, 0.717) is 23.3 Å². The van der Waals surface area contributed by atoms with Crippen molar-refractivity contribution in [3.8, 4) is 0 Å². The van der Waals surface area contributed by atoms with Gasteiger partial charge in [0.05, 0.1) is 16.9 Å². The van der Waals surface area contributed by atoms with Crippen LogP contribution in [-0.4, -0.2) is 27.2 Å². The number of aromatic amines is 1. The lowest BCUT2D eigenvalue weighted by atomic mass is 9.91. The molecule has 0 fully saturated rings. The van der Waals surface area contributed by atoms with Crippen molar-refractivity contribution in [1.29, 1.82) is 0 Å². The van der Waals surface area contributed by atoms with E-state index in [9.17, 15) is 13.2 Å². The fourth-order valence-electron chi connectivity index (χ4n) is 6.26. The van der Waals surface area contributed by atoms with E-state index in [-0.39, 0.29) is 23.6 Å². The average Bonchev–Trinajstić information content (AvgIpc) is 3.45. The summed E-state index contributed by atoms with van der Waals surface area (Å²) in [5, 5.41) is 0.849. The highest BCUT2D eigenvalue weighted by molar-refractivity contribution is 6.15. The minimum absolute atomic E-state index is 0.0438. The van der Waals surface area contributed by atoms with Crippen molar-refractivity contribution in [3.05, 3.63) is 154 Å². The van der Waals surface area contributed by atoms with E-state index in [4.69, 9.17) is 4.99 Å². The summed E-state index contributed by atoms with van der Waals surface area (Å²) in [4.78, 5) is 18.1. The molecule has 0 bridgehead atoms. The highest BCUT2D eigenvalue weighted by Gasteiger charge is 2.38. The number of rotatable bonds is 5. The van der Waals surface area contributed by atoms with Gasteiger partial charge in [0.25, 0.3) is 0 Å². The Hall–Kier alpha value is -5.38. The molecule has 0 aliphatic carbocycles. The first-order chi connectivity index (χ1) is 22.6. The molecule has 4 aromatic carbocycles. The third kappa shape index (κ3) is 5.54. The Bertz CT molecular complexity index is 2100. The summed E-state index contributed by atoms with van der Waals surface area (Å²) >= 11 is 0. The number of alkyl halides is 3. The molecule has 10 heteroatoms. The summed E-state index contributed by atoms with van der Waals surface area (Å²) < 4.78 is 71.9. The first-order valence-corrected chi connectivity index (χ1v) is 15.1. The Morgan fingerprint density at radius 1 is 0.872 bits per heavy atom. The number of fused-ring (bicyclic) bond motifs is 3. The molecule has 0 spiro atoms. The molecule has 0 saturated carbocycles. The number of benzene rings is 4. The fraction of sp³-hybridized carbons (Fsp3) is 0.162. The molecular formula is C37H28F5N5. The van der Waals surface area contributed by atoms with E-state index >= 15 is 8.78 Å². The number of H-pyrrole nitrogens is 1. The SMILES string of the molecule is Cc1cc(N=C(c2ccccc2)c2ccccc2)c2[nH]c3c(c2c1)CCN(c1nccc(C(F)(F)F)n1)C3c1ccc(C)c(F)c1F. The summed E-state index contributed by atoms with van der Waals surface area (Å²) in [5.41, 5.74) is 5.11. The molecule has 3 heterocycles. The fourth-order valence-corrected chi connectivity index (χ4v) is 6.26. The molecule has 5 nitrogen and oxygen atoms in total. The molecule has 0 radical (unpaired) electrons. The second-order valence-corrected chi connectivity index (χ2v) is 11.6. The summed E-state index contributed by atoms with van der Waals surface area (Å²) in [6.07, 6.45) is -3.30. The number of hydrogen-bond donors (Lipinski definition) is 1. The lowest BCUT2D eigenvalue weighted by Gasteiger charge is -2.36. The van der Waals surface area contributed by atoms with E-state index in [1.165, 1.54) is 24.0 Å². The predicted octanol–water partition coefficient (Wildman–Crippen LogP) is 9.19. The Morgan fingerprint density at radius 2 is 1.55 bits per heavy atom. The Morgan fingerprint density at radius 3 is 2.21 bits per heavy atom. The van der Waals surface area contributed by atoms with Gasteiger partial charge in [-0.2, -0.15) is 13.2 Å². The maximum Gasteiger partial charge on any atom is 0.433 e. The van der Waals surface area contributed by atoms with Crippen LogP contribution in [0.4, 0.5) is 33.6 Å². The van der Waals surface area contributed by atoms with E-state index < -0.39 is 29.5 Å². The van der Waals surface area contributed by atoms with Crippen molar-refractivity contribution in [2.24, 2.45) is 4.99 Å². The number of nitrogens with one attached hydrogen (secondary N) is 1. The Labute approximate surface area is 267 Å². The van der Waals surface area contributed by atoms with Crippen molar-refractivity contribution in [3.63, 3.8) is 0 Å². The van der Waals surface area contributed by atoms with E-state index in [0.717, 1.165) is 45.6 Å². The normalized spacial score (nSPS) is 14.7. The van der Waals surface area contributed by atoms with E-state index in [1.807, 2.05) is 79.7 Å². The largest absolute Gasteiger partial charge is 0.433 e. The number of aromatic nitrogens is 3. The monoisotopic (exact) mass is 637 g/mol. The molecule has 47 heavy (non-hydrogen) atoms. The first-order valence-electron chi connectivity index (χ1n) is 15.1. The quantitative estimate of drug-likeness (QED) is 0.152. The van der Waals surface area contributed by atoms with Gasteiger partial charge in [-0.15, -0.1) is 0 Å². The van der Waals surface area contributed by atoms with Gasteiger partial charge in [0.15, 0.2) is 11.6 Å². The van der Waals surface area contributed by atoms with Crippen LogP contribution in [0.2, 0.25) is 0 Å². The van der Waals surface area contributed by atoms with Gasteiger partial charge in [-0.3, -0.25) is 0 Å². The molecule has 1 unspecified atom stereocenters. The van der Waals surface area contributed by atoms with E-state index in [1.54, 1.807) is 0 Å². The lowest BCUT2D eigenvalue weighted by molar-refractivity contribution is -0.141. The second kappa shape index (κ2) is 11.8. The van der Waals surface area contributed by atoms with Crippen molar-refractivity contribution in [2.45, 2.75) is 32.5 Å². The van der Waals surface area contributed by atoms with Crippen LogP contribution in [0.1, 0.15) is 50.8 Å². The molecule has 1 N–H and O–H groups in total. The van der Waals surface area contributed by atoms with Gasteiger partial charge in [0, 0.05) is 40.5 Å². The molecule has 0 saturated heterocycles. The molecule has 1 aliphatic rings. The molecule has 0 amide bonds. The minimum Gasteiger partial charge on any atom is -0.354 e. The number of aliphatic imine (C=N–C) groups is 1. The zero-order chi connectivity index (χ0) is 32.9. The van der Waals surface area contributed by atoms with Gasteiger partial charge in [-0.05, 0) is 55.2 Å². The number of aryl methyl sites for hydroxylation is 2. The standard InChI is InChI=1S/C37H28F5N5/c1-21-19-27-25-16-18-47(36-43-17-15-29(45-36)37(40,41)42)35(26-14-13-22(2)30(38)31(26)39)34(25)46-33(27)28(20-21)44-32(23-9-5-3-6-10-23)24-11-7-4-8-12-24/h3-15,17,19-20,35,46H,16,18H2,1-2H3. The smallest absolute Gasteiger partial charge is 0.354 e. The van der Waals surface area contributed by atoms with Gasteiger partial charge >= 0.3 is 6.18 Å². The zero-order valence-corrected chi connectivity index (χ0v) is 25.4. The summed E-state index contributed by atoms with van der Waals surface area (Å²) in [7, 11) is 0. The molecule has 7 rings (SSSR count). The number of anilines is 1. The van der Waals surface area contributed by atoms with Crippen molar-refractivity contribution < 1.29 is 22.0 Å². The molecule has 1 aliphatic heterocycles. The average molecular weight is 638 g/mol. The molecule has 1 atom stereocenters. The molecule has 236 valence electrons. The maximum atomic E-state index is 15.8. The van der Waals surface area contributed by atoms with Crippen LogP contribution in [0.15, 0.2) is 102 Å². The van der Waals surface area contributed by atoms with Gasteiger partial charge in [-0.1, -0.05) is 72.8 Å². The van der Waals surface area contributed by atoms with Crippen molar-refractivity contribution >= 4 is 28.3 Å². The zero-order valence-electron chi connectivity index (χ0n) is 25.4. The number of hydrogen-bond acceptors (Lipinski definition) is 4. The van der Waals surface area contributed by atoms with Crippen LogP contribution >= 0.6 is 0 Å². The number of nitrogens with zero attached hydrogens (tertiary/aromatic N) is 4. The first kappa shape index (κ1) is 30.3. The van der Waals surface area contributed by atoms with Gasteiger partial charge in [0.1, 0.15) is 11.7 Å². The minimum atomic E-state index is -4.71. The Balaban J connectivity index is 1.46. The van der Waals surface area contributed by atoms with Gasteiger partial charge in [0.2, 0.25) is 5.95 Å². The molecular weight excluding hydrogens is 609 g/mol. The van der Waals surface area contributed by atoms with E-state index in [2.05, 4.69) is 15.0 Å². The predicted molar refractivity (Wildman–Crippen MR) is 172 cm³/mol. The molecule has 6 aromatic rings. The Kier molecular flexibility index (Phi) is 7.58. The summed E-state index contributed by atoms with van der Waals surface area (Å²) in [6, 6.07) is 26.2. The van der Waals surface area contributed by atoms with Crippen molar-refractivity contribution in [1.82, 2.24) is 15.0 Å². The lowest BCUT2D eigenvalue weighted by Crippen LogP contribution is -2.38. The van der Waals surface area contributed by atoms with Crippen LogP contribution in [0.5, 0.6) is 0 Å². The van der Waals surface area contributed by atoms with Crippen LogP contribution in [-0.2, 0) is 12.6 Å². The second-order valence-electron chi connectivity index (χ2n) is 11.6. The maximum absolute atomic E-state index is 15.8. The van der Waals surface area contributed by atoms with Crippen molar-refractivity contribution in [2.75, 3.05) is 11.4 Å². The topological polar surface area (TPSA) is 57.2 Å². The molecule has 2 aromatic heterocycles. The summed E-state index contributed by atoms with van der Waals surface area (Å²) in [5.74, 6) is -2.34. The van der Waals surface area contributed by atoms with Crippen LogP contribution in [0.3, 0.4) is 0 Å². The van der Waals surface area contributed by atoms with Crippen LogP contribution in [0, 0.1) is 25.5 Å². The number of halogens is 5. The highest BCUT2D eigenvalue weighted by Crippen LogP contribution is 2.44. The van der Waals surface area contributed by atoms with Crippen LogP contribution < -0.4 is 4.90 Å². The third-order valence-electron chi connectivity index (χ3n) is 8.48. The van der Waals surface area contributed by atoms with Gasteiger partial charge < -0.3 is 9.88 Å². The summed E-state index contributed by atoms with van der Waals surface area (Å²) in [6.45, 7) is 3.57. The van der Waals surface area contributed by atoms with Crippen LogP contribution in [0.25, 0.3) is 10.9 Å². The highest BCUT2D eigenvalue weighted by atomic mass is 19.4. The third-order valence-corrected chi connectivity index (χ3v) is 8.48.